The highest BCUT2D eigenvalue weighted by molar-refractivity contribution is 7.19. The number of para-hydroxylation sites is 1. The lowest BCUT2D eigenvalue weighted by molar-refractivity contribution is -0.116. The van der Waals surface area contributed by atoms with Gasteiger partial charge in [0.1, 0.15) is 0 Å². The molecule has 1 aliphatic rings. The highest BCUT2D eigenvalue weighted by Crippen LogP contribution is 2.41. The van der Waals surface area contributed by atoms with Crippen LogP contribution in [-0.4, -0.2) is 5.91 Å². The molecule has 1 aliphatic heterocycles. The van der Waals surface area contributed by atoms with Gasteiger partial charge in [0.2, 0.25) is 5.91 Å². The Kier molecular flexibility index (Phi) is 3.33. The molecule has 0 spiro atoms. The summed E-state index contributed by atoms with van der Waals surface area (Å²) in [4.78, 5) is 14.7. The van der Waals surface area contributed by atoms with Gasteiger partial charge in [-0.25, -0.2) is 0 Å². The lowest BCUT2D eigenvalue weighted by Crippen LogP contribution is -2.30. The van der Waals surface area contributed by atoms with E-state index in [2.05, 4.69) is 12.1 Å². The van der Waals surface area contributed by atoms with E-state index in [1.807, 2.05) is 24.7 Å². The molecule has 4 heteroatoms. The van der Waals surface area contributed by atoms with Gasteiger partial charge in [-0.3, -0.25) is 4.79 Å². The van der Waals surface area contributed by atoms with Crippen molar-refractivity contribution in [3.8, 4) is 10.4 Å². The summed E-state index contributed by atoms with van der Waals surface area (Å²) in [5.74, 6) is 0.0519. The third-order valence-corrected chi connectivity index (χ3v) is 4.53. The van der Waals surface area contributed by atoms with Crippen LogP contribution in [0.1, 0.15) is 18.9 Å². The number of benzene rings is 1. The van der Waals surface area contributed by atoms with Gasteiger partial charge >= 0.3 is 0 Å². The molecule has 0 aliphatic carbocycles. The molecule has 1 aromatic carbocycles. The second-order valence-corrected chi connectivity index (χ2v) is 6.24. The first-order chi connectivity index (χ1) is 9.16. The number of thiophene rings is 1. The van der Waals surface area contributed by atoms with E-state index >= 15 is 0 Å². The number of anilines is 1. The molecule has 0 fully saturated rings. The molecule has 2 nitrogen and oxygen atoms in total. The second-order valence-electron chi connectivity index (χ2n) is 4.53. The molecule has 2 aromatic rings. The van der Waals surface area contributed by atoms with Gasteiger partial charge in [-0.2, -0.15) is 0 Å². The number of hydrogen-bond donors (Lipinski definition) is 0. The fraction of sp³-hybridized carbons (Fsp3) is 0.200. The van der Waals surface area contributed by atoms with Gasteiger partial charge in [0.05, 0.1) is 16.6 Å². The van der Waals surface area contributed by atoms with E-state index in [0.717, 1.165) is 33.3 Å². The minimum Gasteiger partial charge on any atom is -0.307 e. The van der Waals surface area contributed by atoms with Crippen LogP contribution in [0.3, 0.4) is 0 Å². The van der Waals surface area contributed by atoms with Crippen LogP contribution < -0.4 is 4.90 Å². The van der Waals surface area contributed by atoms with Crippen LogP contribution in [-0.2, 0) is 11.2 Å². The molecule has 1 aromatic heterocycles. The number of halogens is 1. The van der Waals surface area contributed by atoms with E-state index in [4.69, 9.17) is 11.6 Å². The molecule has 0 atom stereocenters. The van der Waals surface area contributed by atoms with Crippen LogP contribution in [0.25, 0.3) is 10.4 Å². The monoisotopic (exact) mass is 290 g/mol. The summed E-state index contributed by atoms with van der Waals surface area (Å²) in [6.07, 6.45) is 1.88. The minimum absolute atomic E-state index is 0.0519. The average Bonchev–Trinajstić information content (AvgIpc) is 2.83. The zero-order valence-corrected chi connectivity index (χ0v) is 12.1. The molecule has 1 amide bonds. The molecule has 0 unspecified atom stereocenters. The molecule has 1 radical (unpaired) electrons. The summed E-state index contributed by atoms with van der Waals surface area (Å²) in [5, 5.41) is 0. The molecule has 0 bridgehead atoms. The first kappa shape index (κ1) is 12.7. The summed E-state index contributed by atoms with van der Waals surface area (Å²) in [6.45, 7) is 3.58. The van der Waals surface area contributed by atoms with Crippen molar-refractivity contribution >= 4 is 34.5 Å². The van der Waals surface area contributed by atoms with Crippen LogP contribution in [0.2, 0.25) is 4.34 Å². The zero-order valence-electron chi connectivity index (χ0n) is 10.5. The van der Waals surface area contributed by atoms with Gasteiger partial charge in [-0.05, 0) is 30.5 Å². The Balaban J connectivity index is 2.18. The van der Waals surface area contributed by atoms with Crippen LogP contribution >= 0.6 is 22.9 Å². The van der Waals surface area contributed by atoms with Crippen LogP contribution in [0.15, 0.2) is 30.3 Å². The SMILES string of the molecule is CC(=O)N1[CH]CCc2cccc(-c3ccc(Cl)s3)c21. The number of hydrogen-bond acceptors (Lipinski definition) is 2. The Morgan fingerprint density at radius 1 is 1.32 bits per heavy atom. The fourth-order valence-electron chi connectivity index (χ4n) is 2.46. The largest absolute Gasteiger partial charge is 0.307 e. The maximum Gasteiger partial charge on any atom is 0.224 e. The first-order valence-electron chi connectivity index (χ1n) is 6.17. The first-order valence-corrected chi connectivity index (χ1v) is 7.37. The van der Waals surface area contributed by atoms with E-state index in [1.165, 1.54) is 5.56 Å². The number of carbonyl (C=O) groups excluding carboxylic acids is 1. The van der Waals surface area contributed by atoms with E-state index in [0.29, 0.717) is 0 Å². The number of carbonyl (C=O) groups is 1. The van der Waals surface area contributed by atoms with E-state index in [-0.39, 0.29) is 5.91 Å². The predicted molar refractivity (Wildman–Crippen MR) is 80.5 cm³/mol. The van der Waals surface area contributed by atoms with Crippen molar-refractivity contribution in [1.29, 1.82) is 0 Å². The Bertz CT molecular complexity index is 635. The number of amides is 1. The highest BCUT2D eigenvalue weighted by Gasteiger charge is 2.24. The lowest BCUT2D eigenvalue weighted by atomic mass is 9.97. The fourth-order valence-corrected chi connectivity index (χ4v) is 3.53. The molecule has 97 valence electrons. The quantitative estimate of drug-likeness (QED) is 0.755. The Morgan fingerprint density at radius 3 is 2.84 bits per heavy atom. The van der Waals surface area contributed by atoms with Gasteiger partial charge in [0, 0.05) is 17.4 Å². The Hall–Kier alpha value is -1.32. The Labute approximate surface area is 121 Å². The topological polar surface area (TPSA) is 20.3 Å². The number of rotatable bonds is 1. The number of aryl methyl sites for hydroxylation is 1. The van der Waals surface area contributed by atoms with Gasteiger partial charge < -0.3 is 4.90 Å². The molecule has 19 heavy (non-hydrogen) atoms. The van der Waals surface area contributed by atoms with Crippen LogP contribution in [0.4, 0.5) is 5.69 Å². The summed E-state index contributed by atoms with van der Waals surface area (Å²) >= 11 is 7.56. The van der Waals surface area contributed by atoms with E-state index in [1.54, 1.807) is 23.2 Å². The van der Waals surface area contributed by atoms with Gasteiger partial charge in [-0.1, -0.05) is 29.8 Å². The van der Waals surface area contributed by atoms with Crippen molar-refractivity contribution in [3.63, 3.8) is 0 Å². The van der Waals surface area contributed by atoms with E-state index < -0.39 is 0 Å². The van der Waals surface area contributed by atoms with Crippen molar-refractivity contribution in [3.05, 3.63) is 46.8 Å². The minimum atomic E-state index is 0.0519. The maximum absolute atomic E-state index is 11.8. The smallest absolute Gasteiger partial charge is 0.224 e. The van der Waals surface area contributed by atoms with Gasteiger partial charge in [0.25, 0.3) is 0 Å². The molecule has 2 heterocycles. The summed E-state index contributed by atoms with van der Waals surface area (Å²) < 4.78 is 0.766. The molecule has 0 N–H and O–H groups in total. The lowest BCUT2D eigenvalue weighted by Gasteiger charge is -2.30. The predicted octanol–water partition coefficient (Wildman–Crippen LogP) is 4.53. The normalized spacial score (nSPS) is 14.3. The van der Waals surface area contributed by atoms with Gasteiger partial charge in [-0.15, -0.1) is 11.3 Å². The zero-order chi connectivity index (χ0) is 13.4. The van der Waals surface area contributed by atoms with Crippen molar-refractivity contribution < 1.29 is 4.79 Å². The highest BCUT2D eigenvalue weighted by atomic mass is 35.5. The van der Waals surface area contributed by atoms with Crippen molar-refractivity contribution in [1.82, 2.24) is 0 Å². The summed E-state index contributed by atoms with van der Waals surface area (Å²) in [7, 11) is 0. The molecule has 3 rings (SSSR count). The van der Waals surface area contributed by atoms with Crippen molar-refractivity contribution in [2.75, 3.05) is 4.90 Å². The second kappa shape index (κ2) is 4.99. The Morgan fingerprint density at radius 2 is 2.16 bits per heavy atom. The standard InChI is InChI=1S/C15H13ClNOS/c1-10(18)17-9-3-5-11-4-2-6-12(15(11)17)13-7-8-14(16)19-13/h2,4,6-9H,3,5H2,1H3. The maximum atomic E-state index is 11.8. The third kappa shape index (κ3) is 2.28. The molecular formula is C15H13ClNOS. The molecular weight excluding hydrogens is 278 g/mol. The third-order valence-electron chi connectivity index (χ3n) is 3.26. The summed E-state index contributed by atoms with van der Waals surface area (Å²) in [6, 6.07) is 10.1. The molecule has 0 saturated heterocycles. The van der Waals surface area contributed by atoms with Crippen LogP contribution in [0.5, 0.6) is 0 Å². The number of fused-ring (bicyclic) bond motifs is 1. The van der Waals surface area contributed by atoms with Crippen molar-refractivity contribution in [2.24, 2.45) is 0 Å². The average molecular weight is 291 g/mol. The van der Waals surface area contributed by atoms with Crippen molar-refractivity contribution in [2.45, 2.75) is 19.8 Å². The summed E-state index contributed by atoms with van der Waals surface area (Å²) in [5.41, 5.74) is 3.32. The molecule has 0 saturated carbocycles. The van der Waals surface area contributed by atoms with Gasteiger partial charge in [0.15, 0.2) is 0 Å². The van der Waals surface area contributed by atoms with E-state index in [9.17, 15) is 4.79 Å². The van der Waals surface area contributed by atoms with Crippen LogP contribution in [0, 0.1) is 6.54 Å². The number of nitrogens with zero attached hydrogens (tertiary/aromatic N) is 1.